The summed E-state index contributed by atoms with van der Waals surface area (Å²) >= 11 is 1.56. The van der Waals surface area contributed by atoms with E-state index in [2.05, 4.69) is 23.5 Å². The highest BCUT2D eigenvalue weighted by molar-refractivity contribution is 7.92. The fraction of sp³-hybridized carbons (Fsp3) is 0.421. The molecule has 1 aliphatic carbocycles. The van der Waals surface area contributed by atoms with Gasteiger partial charge in [0.05, 0.1) is 6.04 Å². The van der Waals surface area contributed by atoms with E-state index in [1.54, 1.807) is 11.3 Å². The summed E-state index contributed by atoms with van der Waals surface area (Å²) in [7, 11) is -3.42. The molecule has 0 fully saturated rings. The number of hydrogen-bond acceptors (Lipinski definition) is 4. The summed E-state index contributed by atoms with van der Waals surface area (Å²) in [5, 5.41) is 3.84. The minimum absolute atomic E-state index is 0.316. The lowest BCUT2D eigenvalue weighted by Gasteiger charge is -2.23. The molecule has 134 valence electrons. The van der Waals surface area contributed by atoms with Crippen LogP contribution in [0.1, 0.15) is 47.4 Å². The molecule has 1 amide bonds. The third-order valence-corrected chi connectivity index (χ3v) is 7.27. The van der Waals surface area contributed by atoms with E-state index >= 15 is 0 Å². The standard InChI is InChI=1S/C19H23NO3S2/c1-13(25(2,22)23)19(21)20-18(17-8-5-11-24-17)16-10-9-14-6-3-4-7-15(14)12-16/h5,8-13,18H,3-4,6-7H2,1-2H3,(H,20,21)/t13-,18+/m0/s1. The van der Waals surface area contributed by atoms with Crippen molar-refractivity contribution in [1.82, 2.24) is 5.32 Å². The number of benzene rings is 1. The van der Waals surface area contributed by atoms with Crippen LogP contribution in [-0.2, 0) is 27.5 Å². The van der Waals surface area contributed by atoms with Crippen molar-refractivity contribution in [1.29, 1.82) is 0 Å². The van der Waals surface area contributed by atoms with Crippen molar-refractivity contribution >= 4 is 27.1 Å². The molecule has 1 aromatic carbocycles. The normalized spacial score (nSPS) is 16.7. The molecule has 0 saturated heterocycles. The maximum atomic E-state index is 12.5. The van der Waals surface area contributed by atoms with Crippen LogP contribution in [0.5, 0.6) is 0 Å². The molecular formula is C19H23NO3S2. The van der Waals surface area contributed by atoms with Gasteiger partial charge in [-0.25, -0.2) is 8.42 Å². The van der Waals surface area contributed by atoms with Gasteiger partial charge in [0.1, 0.15) is 5.25 Å². The average molecular weight is 378 g/mol. The summed E-state index contributed by atoms with van der Waals surface area (Å²) in [6.07, 6.45) is 5.68. The predicted octanol–water partition coefficient (Wildman–Crippen LogP) is 3.27. The maximum absolute atomic E-state index is 12.5. The zero-order chi connectivity index (χ0) is 18.0. The van der Waals surface area contributed by atoms with Crippen LogP contribution in [-0.4, -0.2) is 25.8 Å². The third-order valence-electron chi connectivity index (χ3n) is 4.83. The number of amides is 1. The van der Waals surface area contributed by atoms with Crippen LogP contribution in [0.25, 0.3) is 0 Å². The van der Waals surface area contributed by atoms with Crippen LogP contribution in [0.4, 0.5) is 0 Å². The predicted molar refractivity (Wildman–Crippen MR) is 102 cm³/mol. The Morgan fingerprint density at radius 2 is 1.88 bits per heavy atom. The highest BCUT2D eigenvalue weighted by atomic mass is 32.2. The molecule has 0 saturated carbocycles. The molecule has 0 aliphatic heterocycles. The van der Waals surface area contributed by atoms with Crippen LogP contribution in [0, 0.1) is 0 Å². The molecule has 3 rings (SSSR count). The SMILES string of the molecule is C[C@@H](C(=O)N[C@H](c1ccc2c(c1)CCCC2)c1cccs1)S(C)(=O)=O. The second kappa shape index (κ2) is 7.30. The number of rotatable bonds is 5. The Morgan fingerprint density at radius 3 is 2.52 bits per heavy atom. The minimum Gasteiger partial charge on any atom is -0.343 e. The van der Waals surface area contributed by atoms with Gasteiger partial charge in [0, 0.05) is 11.1 Å². The molecule has 1 aromatic heterocycles. The Hall–Kier alpha value is -1.66. The van der Waals surface area contributed by atoms with Crippen molar-refractivity contribution in [3.63, 3.8) is 0 Å². The van der Waals surface area contributed by atoms with Crippen LogP contribution in [0.3, 0.4) is 0 Å². The van der Waals surface area contributed by atoms with Crippen molar-refractivity contribution in [3.8, 4) is 0 Å². The number of nitrogens with one attached hydrogen (secondary N) is 1. The molecule has 25 heavy (non-hydrogen) atoms. The minimum atomic E-state index is -3.42. The third kappa shape index (κ3) is 4.12. The van der Waals surface area contributed by atoms with E-state index < -0.39 is 21.0 Å². The largest absolute Gasteiger partial charge is 0.343 e. The number of carbonyl (C=O) groups excluding carboxylic acids is 1. The van der Waals surface area contributed by atoms with Gasteiger partial charge in [0.25, 0.3) is 0 Å². The fourth-order valence-electron chi connectivity index (χ4n) is 3.16. The highest BCUT2D eigenvalue weighted by Gasteiger charge is 2.27. The number of fused-ring (bicyclic) bond motifs is 1. The number of carbonyl (C=O) groups is 1. The molecule has 6 heteroatoms. The Balaban J connectivity index is 1.92. The number of sulfone groups is 1. The van der Waals surface area contributed by atoms with Crippen LogP contribution >= 0.6 is 11.3 Å². The van der Waals surface area contributed by atoms with E-state index in [9.17, 15) is 13.2 Å². The molecule has 0 radical (unpaired) electrons. The lowest BCUT2D eigenvalue weighted by Crippen LogP contribution is -2.39. The second-order valence-corrected chi connectivity index (χ2v) is 10.0. The van der Waals surface area contributed by atoms with Crippen molar-refractivity contribution in [2.45, 2.75) is 43.9 Å². The van der Waals surface area contributed by atoms with E-state index in [1.165, 1.54) is 30.9 Å². The highest BCUT2D eigenvalue weighted by Crippen LogP contribution is 2.30. The van der Waals surface area contributed by atoms with E-state index in [4.69, 9.17) is 0 Å². The van der Waals surface area contributed by atoms with E-state index in [0.717, 1.165) is 29.5 Å². The Morgan fingerprint density at radius 1 is 1.16 bits per heavy atom. The average Bonchev–Trinajstić information content (AvgIpc) is 3.11. The quantitative estimate of drug-likeness (QED) is 0.870. The zero-order valence-corrected chi connectivity index (χ0v) is 16.1. The van der Waals surface area contributed by atoms with E-state index in [1.807, 2.05) is 17.5 Å². The molecule has 1 aliphatic rings. The maximum Gasteiger partial charge on any atom is 0.238 e. The Kier molecular flexibility index (Phi) is 5.29. The monoisotopic (exact) mass is 377 g/mol. The second-order valence-electron chi connectivity index (χ2n) is 6.66. The summed E-state index contributed by atoms with van der Waals surface area (Å²) < 4.78 is 23.4. The molecule has 4 nitrogen and oxygen atoms in total. The van der Waals surface area contributed by atoms with E-state index in [0.29, 0.717) is 0 Å². The van der Waals surface area contributed by atoms with Crippen molar-refractivity contribution in [2.24, 2.45) is 0 Å². The molecule has 0 spiro atoms. The number of aryl methyl sites for hydroxylation is 2. The number of hydrogen-bond donors (Lipinski definition) is 1. The Bertz CT molecular complexity index is 857. The summed E-state index contributed by atoms with van der Waals surface area (Å²) in [5.41, 5.74) is 3.74. The first-order valence-corrected chi connectivity index (χ1v) is 11.3. The smallest absolute Gasteiger partial charge is 0.238 e. The van der Waals surface area contributed by atoms with Gasteiger partial charge >= 0.3 is 0 Å². The molecule has 2 atom stereocenters. The fourth-order valence-corrected chi connectivity index (χ4v) is 4.42. The number of thiophene rings is 1. The van der Waals surface area contributed by atoms with Crippen molar-refractivity contribution in [2.75, 3.05) is 6.26 Å². The van der Waals surface area contributed by atoms with Gasteiger partial charge in [-0.3, -0.25) is 4.79 Å². The topological polar surface area (TPSA) is 63.2 Å². The first-order chi connectivity index (χ1) is 11.9. The van der Waals surface area contributed by atoms with Crippen LogP contribution in [0.2, 0.25) is 0 Å². The first-order valence-electron chi connectivity index (χ1n) is 8.50. The summed E-state index contributed by atoms with van der Waals surface area (Å²) in [4.78, 5) is 13.5. The van der Waals surface area contributed by atoms with Gasteiger partial charge in [-0.05, 0) is 60.7 Å². The van der Waals surface area contributed by atoms with Gasteiger partial charge < -0.3 is 5.32 Å². The van der Waals surface area contributed by atoms with Gasteiger partial charge in [-0.2, -0.15) is 0 Å². The zero-order valence-electron chi connectivity index (χ0n) is 14.5. The lowest BCUT2D eigenvalue weighted by molar-refractivity contribution is -0.120. The lowest BCUT2D eigenvalue weighted by atomic mass is 9.89. The Labute approximate surface area is 153 Å². The van der Waals surface area contributed by atoms with Gasteiger partial charge in [-0.15, -0.1) is 11.3 Å². The molecular weight excluding hydrogens is 354 g/mol. The van der Waals surface area contributed by atoms with Crippen molar-refractivity contribution < 1.29 is 13.2 Å². The van der Waals surface area contributed by atoms with Crippen LogP contribution in [0.15, 0.2) is 35.7 Å². The summed E-state index contributed by atoms with van der Waals surface area (Å²) in [6.45, 7) is 1.43. The van der Waals surface area contributed by atoms with Crippen molar-refractivity contribution in [3.05, 3.63) is 57.3 Å². The van der Waals surface area contributed by atoms with Gasteiger partial charge in [-0.1, -0.05) is 24.3 Å². The van der Waals surface area contributed by atoms with E-state index in [-0.39, 0.29) is 6.04 Å². The van der Waals surface area contributed by atoms with Gasteiger partial charge in [0.2, 0.25) is 5.91 Å². The molecule has 0 unspecified atom stereocenters. The molecule has 0 bridgehead atoms. The summed E-state index contributed by atoms with van der Waals surface area (Å²) in [5.74, 6) is -0.460. The van der Waals surface area contributed by atoms with Crippen LogP contribution < -0.4 is 5.32 Å². The molecule has 1 heterocycles. The first kappa shape index (κ1) is 18.1. The van der Waals surface area contributed by atoms with Gasteiger partial charge in [0.15, 0.2) is 9.84 Å². The molecule has 2 aromatic rings. The summed E-state index contributed by atoms with van der Waals surface area (Å²) in [6, 6.07) is 9.97. The molecule has 1 N–H and O–H groups in total.